The zero-order valence-electron chi connectivity index (χ0n) is 5.48. The third-order valence-electron chi connectivity index (χ3n) is 1.10. The minimum atomic E-state index is 0.311. The lowest BCUT2D eigenvalue weighted by molar-refractivity contribution is 0.111. The van der Waals surface area contributed by atoms with Crippen molar-refractivity contribution in [2.24, 2.45) is 5.84 Å². The molecule has 0 saturated heterocycles. The molecule has 3 heteroatoms. The van der Waals surface area contributed by atoms with Crippen molar-refractivity contribution >= 4 is 0 Å². The van der Waals surface area contributed by atoms with Crippen LogP contribution in [0.1, 0.15) is 13.3 Å². The largest absolute Gasteiger partial charge is 0.382 e. The molecule has 0 radical (unpaired) electrons. The van der Waals surface area contributed by atoms with E-state index in [9.17, 15) is 0 Å². The van der Waals surface area contributed by atoms with Crippen molar-refractivity contribution in [2.45, 2.75) is 19.4 Å². The fourth-order valence-corrected chi connectivity index (χ4v) is 0.404. The van der Waals surface area contributed by atoms with Gasteiger partial charge in [-0.1, -0.05) is 0 Å². The number of methoxy groups -OCH3 is 1. The SMILES string of the molecule is COC(C)CCNN. The molecular formula is C5H14N2O. The maximum absolute atomic E-state index is 5.03. The van der Waals surface area contributed by atoms with Gasteiger partial charge in [0.25, 0.3) is 0 Å². The monoisotopic (exact) mass is 118 g/mol. The van der Waals surface area contributed by atoms with E-state index in [1.165, 1.54) is 0 Å². The smallest absolute Gasteiger partial charge is 0.0555 e. The summed E-state index contributed by atoms with van der Waals surface area (Å²) < 4.78 is 4.96. The van der Waals surface area contributed by atoms with Gasteiger partial charge in [-0.2, -0.15) is 0 Å². The second-order valence-electron chi connectivity index (χ2n) is 1.79. The molecule has 3 N–H and O–H groups in total. The van der Waals surface area contributed by atoms with Gasteiger partial charge in [-0.05, 0) is 13.3 Å². The summed E-state index contributed by atoms with van der Waals surface area (Å²) in [6.07, 6.45) is 1.28. The van der Waals surface area contributed by atoms with Gasteiger partial charge in [-0.25, -0.2) is 0 Å². The van der Waals surface area contributed by atoms with E-state index in [4.69, 9.17) is 10.6 Å². The minimum Gasteiger partial charge on any atom is -0.382 e. The first-order chi connectivity index (χ1) is 3.81. The molecule has 1 atom stereocenters. The minimum absolute atomic E-state index is 0.311. The molecule has 0 aromatic carbocycles. The summed E-state index contributed by atoms with van der Waals surface area (Å²) in [5.74, 6) is 5.03. The van der Waals surface area contributed by atoms with Gasteiger partial charge in [-0.15, -0.1) is 0 Å². The highest BCUT2D eigenvalue weighted by atomic mass is 16.5. The molecule has 8 heavy (non-hydrogen) atoms. The van der Waals surface area contributed by atoms with Crippen LogP contribution in [0.3, 0.4) is 0 Å². The molecule has 0 aliphatic heterocycles. The maximum Gasteiger partial charge on any atom is 0.0555 e. The summed E-state index contributed by atoms with van der Waals surface area (Å²) in [6, 6.07) is 0. The van der Waals surface area contributed by atoms with Crippen molar-refractivity contribution in [1.82, 2.24) is 5.43 Å². The molecular weight excluding hydrogens is 104 g/mol. The highest BCUT2D eigenvalue weighted by Gasteiger charge is 1.94. The van der Waals surface area contributed by atoms with Gasteiger partial charge < -0.3 is 4.74 Å². The van der Waals surface area contributed by atoms with Gasteiger partial charge in [0.15, 0.2) is 0 Å². The summed E-state index contributed by atoms with van der Waals surface area (Å²) in [4.78, 5) is 0. The predicted octanol–water partition coefficient (Wildman–Crippen LogP) is -0.125. The first-order valence-corrected chi connectivity index (χ1v) is 2.77. The average molecular weight is 118 g/mol. The summed E-state index contributed by atoms with van der Waals surface area (Å²) in [5, 5.41) is 0. The Kier molecular flexibility index (Phi) is 4.95. The lowest BCUT2D eigenvalue weighted by Crippen LogP contribution is -2.25. The molecule has 0 rings (SSSR count). The Hall–Kier alpha value is -0.120. The molecule has 0 aromatic rings. The molecule has 3 nitrogen and oxygen atoms in total. The molecule has 0 bridgehead atoms. The van der Waals surface area contributed by atoms with Gasteiger partial charge >= 0.3 is 0 Å². The molecule has 0 amide bonds. The number of rotatable bonds is 4. The number of hydrogen-bond donors (Lipinski definition) is 2. The lowest BCUT2D eigenvalue weighted by Gasteiger charge is -2.06. The third-order valence-corrected chi connectivity index (χ3v) is 1.10. The third kappa shape index (κ3) is 4.05. The molecule has 50 valence electrons. The molecule has 0 fully saturated rings. The molecule has 0 saturated carbocycles. The van der Waals surface area contributed by atoms with Crippen LogP contribution in [0, 0.1) is 0 Å². The molecule has 0 aliphatic rings. The highest BCUT2D eigenvalue weighted by molar-refractivity contribution is 4.48. The molecule has 0 spiro atoms. The first-order valence-electron chi connectivity index (χ1n) is 2.77. The zero-order valence-corrected chi connectivity index (χ0v) is 5.48. The van der Waals surface area contributed by atoms with Gasteiger partial charge in [0, 0.05) is 13.7 Å². The van der Waals surface area contributed by atoms with Crippen molar-refractivity contribution in [3.8, 4) is 0 Å². The van der Waals surface area contributed by atoms with Crippen LogP contribution in [0.4, 0.5) is 0 Å². The van der Waals surface area contributed by atoms with E-state index in [0.717, 1.165) is 13.0 Å². The Bertz CT molecular complexity index is 49.7. The summed E-state index contributed by atoms with van der Waals surface area (Å²) in [7, 11) is 1.70. The molecule has 1 unspecified atom stereocenters. The van der Waals surface area contributed by atoms with Gasteiger partial charge in [0.2, 0.25) is 0 Å². The second-order valence-corrected chi connectivity index (χ2v) is 1.79. The standard InChI is InChI=1S/C5H14N2O/c1-5(8-2)3-4-7-6/h5,7H,3-4,6H2,1-2H3. The quantitative estimate of drug-likeness (QED) is 0.399. The van der Waals surface area contributed by atoms with Crippen molar-refractivity contribution < 1.29 is 4.74 Å². The van der Waals surface area contributed by atoms with E-state index in [1.807, 2.05) is 6.92 Å². The van der Waals surface area contributed by atoms with Crippen LogP contribution in [0.15, 0.2) is 0 Å². The fraction of sp³-hybridized carbons (Fsp3) is 1.00. The van der Waals surface area contributed by atoms with Crippen LogP contribution >= 0.6 is 0 Å². The second kappa shape index (κ2) is 5.03. The van der Waals surface area contributed by atoms with E-state index >= 15 is 0 Å². The molecule has 0 aliphatic carbocycles. The molecule has 0 heterocycles. The van der Waals surface area contributed by atoms with Gasteiger partial charge in [0.05, 0.1) is 6.10 Å². The Balaban J connectivity index is 2.86. The lowest BCUT2D eigenvalue weighted by atomic mass is 10.3. The Morgan fingerprint density at radius 2 is 2.38 bits per heavy atom. The normalized spacial score (nSPS) is 13.9. The topological polar surface area (TPSA) is 47.3 Å². The van der Waals surface area contributed by atoms with E-state index in [-0.39, 0.29) is 0 Å². The highest BCUT2D eigenvalue weighted by Crippen LogP contribution is 1.90. The van der Waals surface area contributed by atoms with Crippen molar-refractivity contribution in [2.75, 3.05) is 13.7 Å². The first kappa shape index (κ1) is 7.88. The van der Waals surface area contributed by atoms with Crippen molar-refractivity contribution in [3.05, 3.63) is 0 Å². The van der Waals surface area contributed by atoms with Crippen LogP contribution in [0.2, 0.25) is 0 Å². The summed E-state index contributed by atoms with van der Waals surface area (Å²) >= 11 is 0. The number of hydrazine groups is 1. The van der Waals surface area contributed by atoms with Crippen LogP contribution in [-0.4, -0.2) is 19.8 Å². The zero-order chi connectivity index (χ0) is 6.41. The number of ether oxygens (including phenoxy) is 1. The van der Waals surface area contributed by atoms with Gasteiger partial charge in [-0.3, -0.25) is 11.3 Å². The van der Waals surface area contributed by atoms with Crippen molar-refractivity contribution in [3.63, 3.8) is 0 Å². The summed E-state index contributed by atoms with van der Waals surface area (Å²) in [6.45, 7) is 2.83. The van der Waals surface area contributed by atoms with E-state index in [2.05, 4.69) is 5.43 Å². The van der Waals surface area contributed by atoms with E-state index < -0.39 is 0 Å². The van der Waals surface area contributed by atoms with E-state index in [1.54, 1.807) is 7.11 Å². The number of nitrogens with one attached hydrogen (secondary N) is 1. The molecule has 0 aromatic heterocycles. The number of nitrogens with two attached hydrogens (primary N) is 1. The van der Waals surface area contributed by atoms with Crippen molar-refractivity contribution in [1.29, 1.82) is 0 Å². The maximum atomic E-state index is 5.03. The summed E-state index contributed by atoms with van der Waals surface area (Å²) in [5.41, 5.74) is 2.55. The van der Waals surface area contributed by atoms with Crippen LogP contribution in [0.25, 0.3) is 0 Å². The Morgan fingerprint density at radius 3 is 2.75 bits per heavy atom. The van der Waals surface area contributed by atoms with Gasteiger partial charge in [0.1, 0.15) is 0 Å². The van der Waals surface area contributed by atoms with Crippen LogP contribution < -0.4 is 11.3 Å². The predicted molar refractivity (Wildman–Crippen MR) is 33.3 cm³/mol. The van der Waals surface area contributed by atoms with E-state index in [0.29, 0.717) is 6.10 Å². The average Bonchev–Trinajstić information content (AvgIpc) is 1.83. The Morgan fingerprint density at radius 1 is 1.75 bits per heavy atom. The van der Waals surface area contributed by atoms with Crippen LogP contribution in [-0.2, 0) is 4.74 Å². The fourth-order valence-electron chi connectivity index (χ4n) is 0.404. The van der Waals surface area contributed by atoms with Crippen LogP contribution in [0.5, 0.6) is 0 Å². The Labute approximate surface area is 50.2 Å². The number of hydrogen-bond acceptors (Lipinski definition) is 3.